The van der Waals surface area contributed by atoms with Crippen molar-refractivity contribution in [3.05, 3.63) is 17.5 Å². The fraction of sp³-hybridized carbons (Fsp3) is 0.750. The number of carbonyl (C=O) groups excluding carboxylic acids is 3. The minimum atomic E-state index is -1.05. The number of amides is 3. The normalized spacial score (nSPS) is 22.8. The molecule has 0 saturated heterocycles. The van der Waals surface area contributed by atoms with Crippen molar-refractivity contribution >= 4 is 17.7 Å². The van der Waals surface area contributed by atoms with E-state index in [0.29, 0.717) is 5.69 Å². The number of hydrogen-bond acceptors (Lipinski definition) is 4. The standard InChI is InChI=1S/C24H39N5O3/c1-5-7-12-17(6-2)25-21(30)19-15-20-22(31)28(4)24(3,16-29(20)27-19)23(32)26-18-13-10-8-9-11-14-18/h15,17-18H,5-14,16H2,1-4H3,(H,25,30)(H,26,32). The second kappa shape index (κ2) is 10.5. The Hall–Kier alpha value is -2.38. The Balaban J connectivity index is 1.74. The van der Waals surface area contributed by atoms with Crippen LogP contribution in [0.15, 0.2) is 6.07 Å². The van der Waals surface area contributed by atoms with E-state index in [0.717, 1.165) is 51.4 Å². The van der Waals surface area contributed by atoms with Crippen LogP contribution in [0.2, 0.25) is 0 Å². The van der Waals surface area contributed by atoms with E-state index in [-0.39, 0.29) is 42.0 Å². The van der Waals surface area contributed by atoms with Gasteiger partial charge in [0.05, 0.1) is 6.54 Å². The van der Waals surface area contributed by atoms with Gasteiger partial charge >= 0.3 is 0 Å². The van der Waals surface area contributed by atoms with Crippen molar-refractivity contribution in [1.82, 2.24) is 25.3 Å². The highest BCUT2D eigenvalue weighted by Crippen LogP contribution is 2.27. The highest BCUT2D eigenvalue weighted by molar-refractivity contribution is 6.01. The third-order valence-corrected chi connectivity index (χ3v) is 7.15. The van der Waals surface area contributed by atoms with E-state index in [2.05, 4.69) is 29.6 Å². The minimum absolute atomic E-state index is 0.0928. The molecule has 1 aliphatic carbocycles. The molecule has 3 rings (SSSR count). The molecule has 2 N–H and O–H groups in total. The van der Waals surface area contributed by atoms with Crippen molar-refractivity contribution in [3.8, 4) is 0 Å². The average Bonchev–Trinajstić information content (AvgIpc) is 3.03. The molecule has 2 unspecified atom stereocenters. The van der Waals surface area contributed by atoms with E-state index in [4.69, 9.17) is 0 Å². The van der Waals surface area contributed by atoms with Gasteiger partial charge in [0, 0.05) is 25.2 Å². The smallest absolute Gasteiger partial charge is 0.272 e. The van der Waals surface area contributed by atoms with Crippen LogP contribution in [0.4, 0.5) is 0 Å². The molecular formula is C24H39N5O3. The molecule has 2 atom stereocenters. The molecule has 2 aliphatic rings. The summed E-state index contributed by atoms with van der Waals surface area (Å²) in [4.78, 5) is 40.6. The number of likely N-dealkylation sites (N-methyl/N-ethyl adjacent to an activating group) is 1. The van der Waals surface area contributed by atoms with E-state index < -0.39 is 5.54 Å². The summed E-state index contributed by atoms with van der Waals surface area (Å²) in [6.07, 6.45) is 10.5. The second-order valence-electron chi connectivity index (χ2n) is 9.59. The van der Waals surface area contributed by atoms with Gasteiger partial charge in [0.25, 0.3) is 11.8 Å². The van der Waals surface area contributed by atoms with Gasteiger partial charge in [0.2, 0.25) is 5.91 Å². The number of nitrogens with one attached hydrogen (secondary N) is 2. The molecule has 1 aromatic heterocycles. The van der Waals surface area contributed by atoms with Crippen LogP contribution in [-0.2, 0) is 11.3 Å². The first-order chi connectivity index (χ1) is 15.3. The fourth-order valence-electron chi connectivity index (χ4n) is 4.69. The maximum absolute atomic E-state index is 13.3. The Bertz CT molecular complexity index is 828. The Morgan fingerprint density at radius 3 is 2.53 bits per heavy atom. The predicted octanol–water partition coefficient (Wildman–Crippen LogP) is 3.27. The van der Waals surface area contributed by atoms with E-state index >= 15 is 0 Å². The number of hydrogen-bond donors (Lipinski definition) is 2. The number of unbranched alkanes of at least 4 members (excludes halogenated alkanes) is 1. The fourth-order valence-corrected chi connectivity index (χ4v) is 4.69. The topological polar surface area (TPSA) is 96.3 Å². The lowest BCUT2D eigenvalue weighted by atomic mass is 9.95. The Morgan fingerprint density at radius 2 is 1.91 bits per heavy atom. The molecule has 0 radical (unpaired) electrons. The van der Waals surface area contributed by atoms with Crippen LogP contribution in [0.3, 0.4) is 0 Å². The number of rotatable bonds is 8. The van der Waals surface area contributed by atoms with Gasteiger partial charge in [0.15, 0.2) is 5.69 Å². The van der Waals surface area contributed by atoms with Crippen molar-refractivity contribution < 1.29 is 14.4 Å². The summed E-state index contributed by atoms with van der Waals surface area (Å²) < 4.78 is 1.52. The van der Waals surface area contributed by atoms with Gasteiger partial charge in [-0.3, -0.25) is 19.1 Å². The highest BCUT2D eigenvalue weighted by Gasteiger charge is 2.46. The molecule has 3 amide bonds. The van der Waals surface area contributed by atoms with Gasteiger partial charge in [0.1, 0.15) is 11.2 Å². The number of nitrogens with zero attached hydrogens (tertiary/aromatic N) is 3. The SMILES string of the molecule is CCCCC(CC)NC(=O)c1cc2n(n1)CC(C)(C(=O)NC1CCCCCC1)N(C)C2=O. The van der Waals surface area contributed by atoms with Crippen molar-refractivity contribution in [1.29, 1.82) is 0 Å². The van der Waals surface area contributed by atoms with Crippen molar-refractivity contribution in [2.24, 2.45) is 0 Å². The minimum Gasteiger partial charge on any atom is -0.351 e. The van der Waals surface area contributed by atoms with E-state index in [9.17, 15) is 14.4 Å². The Labute approximate surface area is 191 Å². The lowest BCUT2D eigenvalue weighted by molar-refractivity contribution is -0.133. The molecule has 1 aromatic rings. The van der Waals surface area contributed by atoms with Gasteiger partial charge < -0.3 is 15.5 Å². The monoisotopic (exact) mass is 445 g/mol. The van der Waals surface area contributed by atoms with E-state index in [1.807, 2.05) is 0 Å². The van der Waals surface area contributed by atoms with Crippen LogP contribution in [-0.4, -0.2) is 57.1 Å². The Kier molecular flexibility index (Phi) is 7.96. The first kappa shape index (κ1) is 24.3. The molecule has 1 saturated carbocycles. The molecule has 8 heteroatoms. The number of fused-ring (bicyclic) bond motifs is 1. The second-order valence-corrected chi connectivity index (χ2v) is 9.59. The predicted molar refractivity (Wildman–Crippen MR) is 123 cm³/mol. The van der Waals surface area contributed by atoms with Gasteiger partial charge in [-0.25, -0.2) is 0 Å². The molecule has 0 spiro atoms. The largest absolute Gasteiger partial charge is 0.351 e. The molecule has 1 fully saturated rings. The van der Waals surface area contributed by atoms with Crippen LogP contribution in [0.25, 0.3) is 0 Å². The molecule has 1 aliphatic heterocycles. The molecule has 0 aromatic carbocycles. The summed E-state index contributed by atoms with van der Waals surface area (Å²) in [7, 11) is 1.66. The van der Waals surface area contributed by atoms with Crippen LogP contribution in [0.1, 0.15) is 106 Å². The quantitative estimate of drug-likeness (QED) is 0.600. The zero-order chi connectivity index (χ0) is 23.3. The summed E-state index contributed by atoms with van der Waals surface area (Å²) in [5.74, 6) is -0.715. The van der Waals surface area contributed by atoms with Crippen LogP contribution in [0, 0.1) is 0 Å². The number of aromatic nitrogens is 2. The summed E-state index contributed by atoms with van der Waals surface area (Å²) >= 11 is 0. The van der Waals surface area contributed by atoms with Crippen molar-refractivity contribution in [3.63, 3.8) is 0 Å². The molecule has 8 nitrogen and oxygen atoms in total. The zero-order valence-electron chi connectivity index (χ0n) is 20.1. The third kappa shape index (κ3) is 5.15. The van der Waals surface area contributed by atoms with E-state index in [1.54, 1.807) is 20.0 Å². The van der Waals surface area contributed by atoms with Crippen LogP contribution < -0.4 is 10.6 Å². The first-order valence-corrected chi connectivity index (χ1v) is 12.3. The van der Waals surface area contributed by atoms with Crippen LogP contribution in [0.5, 0.6) is 0 Å². The van der Waals surface area contributed by atoms with Crippen molar-refractivity contribution in [2.45, 2.75) is 109 Å². The van der Waals surface area contributed by atoms with Gasteiger partial charge in [-0.1, -0.05) is 52.4 Å². The summed E-state index contributed by atoms with van der Waals surface area (Å²) in [5, 5.41) is 10.6. The Morgan fingerprint density at radius 1 is 1.22 bits per heavy atom. The summed E-state index contributed by atoms with van der Waals surface area (Å²) in [6.45, 7) is 6.18. The maximum Gasteiger partial charge on any atom is 0.272 e. The third-order valence-electron chi connectivity index (χ3n) is 7.15. The molecule has 178 valence electrons. The molecule has 2 heterocycles. The van der Waals surface area contributed by atoms with E-state index in [1.165, 1.54) is 22.4 Å². The summed E-state index contributed by atoms with van der Waals surface area (Å²) in [5.41, 5.74) is -0.479. The van der Waals surface area contributed by atoms with Gasteiger partial charge in [-0.05, 0) is 32.6 Å². The average molecular weight is 446 g/mol. The lowest BCUT2D eigenvalue weighted by Gasteiger charge is -2.41. The van der Waals surface area contributed by atoms with Crippen LogP contribution >= 0.6 is 0 Å². The molecular weight excluding hydrogens is 406 g/mol. The zero-order valence-corrected chi connectivity index (χ0v) is 20.1. The molecule has 32 heavy (non-hydrogen) atoms. The van der Waals surface area contributed by atoms with Gasteiger partial charge in [-0.15, -0.1) is 0 Å². The first-order valence-electron chi connectivity index (χ1n) is 12.3. The maximum atomic E-state index is 13.3. The van der Waals surface area contributed by atoms with Crippen molar-refractivity contribution in [2.75, 3.05) is 7.05 Å². The van der Waals surface area contributed by atoms with Gasteiger partial charge in [-0.2, -0.15) is 5.10 Å². The number of carbonyl (C=O) groups is 3. The summed E-state index contributed by atoms with van der Waals surface area (Å²) in [6, 6.07) is 1.79. The lowest BCUT2D eigenvalue weighted by Crippen LogP contribution is -2.63. The molecule has 0 bridgehead atoms. The highest BCUT2D eigenvalue weighted by atomic mass is 16.2.